The molecule has 0 N–H and O–H groups in total. The molecule has 87 heavy (non-hydrogen) atoms. The van der Waals surface area contributed by atoms with Crippen LogP contribution < -0.4 is 9.80 Å². The second-order valence-corrected chi connectivity index (χ2v) is 25.8. The Morgan fingerprint density at radius 1 is 0.310 bits per heavy atom. The Hall–Kier alpha value is -10.3. The highest BCUT2D eigenvalue weighted by Crippen LogP contribution is 2.55. The van der Waals surface area contributed by atoms with Gasteiger partial charge in [-0.1, -0.05) is 229 Å². The van der Waals surface area contributed by atoms with Crippen LogP contribution in [-0.2, 0) is 17.3 Å². The largest absolute Gasteiger partial charge is 0.310 e. The number of fused-ring (bicyclic) bond motifs is 12. The molecule has 0 bridgehead atoms. The molecule has 0 radical (unpaired) electrons. The Bertz CT molecular complexity index is 5170. The number of hydrogen-bond donors (Lipinski definition) is 0. The predicted molar refractivity (Wildman–Crippen MR) is 371 cm³/mol. The summed E-state index contributed by atoms with van der Waals surface area (Å²) in [6.07, 6.45) is 5.67. The van der Waals surface area contributed by atoms with Crippen molar-refractivity contribution in [3.63, 3.8) is 0 Å². The summed E-state index contributed by atoms with van der Waals surface area (Å²) in [5, 5.41) is 12.1. The summed E-state index contributed by atoms with van der Waals surface area (Å²) in [4.78, 5) is 4.98. The second kappa shape index (κ2) is 19.4. The minimum atomic E-state index is -0.202. The highest BCUT2D eigenvalue weighted by atomic mass is 15.1. The van der Waals surface area contributed by atoms with Gasteiger partial charge in [0.25, 0.3) is 0 Å². The van der Waals surface area contributed by atoms with E-state index in [2.05, 4.69) is 323 Å². The molecule has 3 aliphatic carbocycles. The Kier molecular flexibility index (Phi) is 11.4. The van der Waals surface area contributed by atoms with Crippen LogP contribution in [0.1, 0.15) is 68.0 Å². The average molecular weight is 1110 g/mol. The lowest BCUT2D eigenvalue weighted by Gasteiger charge is -2.29. The van der Waals surface area contributed by atoms with E-state index in [-0.39, 0.29) is 10.8 Å². The normalized spacial score (nSPS) is 14.9. The first-order valence-corrected chi connectivity index (χ1v) is 30.9. The molecule has 17 rings (SSSR count). The molecular weight excluding hydrogens is 1050 g/mol. The van der Waals surface area contributed by atoms with Crippen LogP contribution >= 0.6 is 0 Å². The molecule has 2 nitrogen and oxygen atoms in total. The van der Waals surface area contributed by atoms with Crippen molar-refractivity contribution >= 4 is 94.1 Å². The Morgan fingerprint density at radius 2 is 0.678 bits per heavy atom. The van der Waals surface area contributed by atoms with Gasteiger partial charge >= 0.3 is 0 Å². The molecular formula is C85H64N2. The van der Waals surface area contributed by atoms with Crippen molar-refractivity contribution in [1.29, 1.82) is 0 Å². The van der Waals surface area contributed by atoms with Gasteiger partial charge in [-0.15, -0.1) is 0 Å². The fourth-order valence-electron chi connectivity index (χ4n) is 15.4. The average Bonchev–Trinajstić information content (AvgIpc) is 1.84. The quantitative estimate of drug-likeness (QED) is 0.140. The zero-order valence-electron chi connectivity index (χ0n) is 49.7. The van der Waals surface area contributed by atoms with Gasteiger partial charge in [-0.3, -0.25) is 0 Å². The van der Waals surface area contributed by atoms with Crippen molar-refractivity contribution in [2.24, 2.45) is 5.92 Å². The summed E-state index contributed by atoms with van der Waals surface area (Å²) < 4.78 is 0. The van der Waals surface area contributed by atoms with Gasteiger partial charge in [-0.2, -0.15) is 0 Å². The van der Waals surface area contributed by atoms with Gasteiger partial charge in [0.1, 0.15) is 0 Å². The van der Waals surface area contributed by atoms with Gasteiger partial charge in [-0.25, -0.2) is 0 Å². The zero-order chi connectivity index (χ0) is 58.3. The maximum atomic E-state index is 2.54. The van der Waals surface area contributed by atoms with Crippen LogP contribution in [0.5, 0.6) is 0 Å². The number of rotatable bonds is 8. The predicted octanol–water partition coefficient (Wildman–Crippen LogP) is 23.5. The van der Waals surface area contributed by atoms with Gasteiger partial charge in [0.15, 0.2) is 0 Å². The highest BCUT2D eigenvalue weighted by Gasteiger charge is 2.37. The van der Waals surface area contributed by atoms with E-state index in [1.165, 1.54) is 132 Å². The molecule has 14 aromatic rings. The number of benzene rings is 14. The van der Waals surface area contributed by atoms with Crippen LogP contribution in [0.2, 0.25) is 0 Å². The van der Waals surface area contributed by atoms with Gasteiger partial charge < -0.3 is 9.80 Å². The molecule has 1 atom stereocenters. The lowest BCUT2D eigenvalue weighted by Crippen LogP contribution is -2.15. The maximum Gasteiger partial charge on any atom is 0.0468 e. The van der Waals surface area contributed by atoms with E-state index in [1.54, 1.807) is 0 Å². The van der Waals surface area contributed by atoms with E-state index in [4.69, 9.17) is 0 Å². The molecule has 0 fully saturated rings. The Labute approximate surface area is 509 Å². The third kappa shape index (κ3) is 8.08. The Balaban J connectivity index is 0.982. The molecule has 0 saturated carbocycles. The van der Waals surface area contributed by atoms with Crippen LogP contribution in [0.3, 0.4) is 0 Å². The lowest BCUT2D eigenvalue weighted by atomic mass is 9.79. The first kappa shape index (κ1) is 51.2. The summed E-state index contributed by atoms with van der Waals surface area (Å²) in [5.74, 6) is 0.466. The van der Waals surface area contributed by atoms with Crippen molar-refractivity contribution in [2.45, 2.75) is 51.9 Å². The fourth-order valence-corrected chi connectivity index (χ4v) is 15.4. The standard InChI is InChI=1S/C85H64N2/c1-53-26-27-57-31-37-67(48-63(57)44-53)87(66-36-30-56-18-8-11-21-60(56)47-66)69-39-43-75-77(52-69)83(62-33-41-73-71-23-13-15-25-79(71)85(4,5)81(73)50-62)74-42-38-68(51-76(74)82(75)61-32-40-72-70-22-12-14-24-78(70)84(2,3)80(72)49-61)86(64-34-28-54-16-6-9-19-58(54)45-64)65-35-29-55-17-7-10-20-59(55)46-65/h6-43,45-53H,44H2,1-5H3. The van der Waals surface area contributed by atoms with E-state index in [1.807, 2.05) is 0 Å². The van der Waals surface area contributed by atoms with Crippen molar-refractivity contribution in [1.82, 2.24) is 0 Å². The maximum absolute atomic E-state index is 2.54. The molecule has 0 aromatic heterocycles. The van der Waals surface area contributed by atoms with Crippen LogP contribution in [0.15, 0.2) is 273 Å². The first-order chi connectivity index (χ1) is 42.5. The number of allylic oxidation sites excluding steroid dienone is 1. The van der Waals surface area contributed by atoms with E-state index in [9.17, 15) is 0 Å². The van der Waals surface area contributed by atoms with Gasteiger partial charge in [-0.05, 0) is 229 Å². The smallest absolute Gasteiger partial charge is 0.0468 e. The van der Waals surface area contributed by atoms with E-state index in [0.29, 0.717) is 5.92 Å². The molecule has 0 spiro atoms. The fraction of sp³-hybridized carbons (Fsp3) is 0.106. The van der Waals surface area contributed by atoms with Crippen LogP contribution in [0.25, 0.3) is 104 Å². The number of hydrogen-bond acceptors (Lipinski definition) is 2. The SMILES string of the molecule is CC1C=Cc2ccc(N(c3ccc4ccccc4c3)c3ccc4c(-c5ccc6c(c5)C(C)(C)c5ccccc5-6)c5cc(N(c6ccc7ccccc7c6)c6ccc7ccccc7c6)ccc5c(-c5ccc6c(c5)C(C)(C)c5ccccc5-6)c4c3)cc2C1. The van der Waals surface area contributed by atoms with Gasteiger partial charge in [0.2, 0.25) is 0 Å². The summed E-state index contributed by atoms with van der Waals surface area (Å²) >= 11 is 0. The van der Waals surface area contributed by atoms with Crippen LogP contribution in [-0.4, -0.2) is 0 Å². The van der Waals surface area contributed by atoms with Crippen LogP contribution in [0, 0.1) is 5.92 Å². The van der Waals surface area contributed by atoms with Gasteiger partial charge in [0, 0.05) is 45.0 Å². The van der Waals surface area contributed by atoms with Crippen molar-refractivity contribution in [3.05, 3.63) is 306 Å². The molecule has 3 aliphatic rings. The lowest BCUT2D eigenvalue weighted by molar-refractivity contribution is 0.660. The first-order valence-electron chi connectivity index (χ1n) is 30.9. The molecule has 0 amide bonds. The number of anilines is 6. The summed E-state index contributed by atoms with van der Waals surface area (Å²) in [6.45, 7) is 11.9. The van der Waals surface area contributed by atoms with E-state index < -0.39 is 0 Å². The second-order valence-electron chi connectivity index (χ2n) is 25.8. The number of nitrogens with zero attached hydrogens (tertiary/aromatic N) is 2. The zero-order valence-corrected chi connectivity index (χ0v) is 49.7. The van der Waals surface area contributed by atoms with Gasteiger partial charge in [0.05, 0.1) is 0 Å². The minimum Gasteiger partial charge on any atom is -0.310 e. The molecule has 0 heterocycles. The van der Waals surface area contributed by atoms with E-state index >= 15 is 0 Å². The van der Waals surface area contributed by atoms with E-state index in [0.717, 1.165) is 40.5 Å². The molecule has 0 aliphatic heterocycles. The van der Waals surface area contributed by atoms with Crippen molar-refractivity contribution in [2.75, 3.05) is 9.80 Å². The minimum absolute atomic E-state index is 0.202. The molecule has 1 unspecified atom stereocenters. The topological polar surface area (TPSA) is 6.48 Å². The van der Waals surface area contributed by atoms with Crippen molar-refractivity contribution < 1.29 is 0 Å². The Morgan fingerprint density at radius 3 is 1.14 bits per heavy atom. The third-order valence-corrected chi connectivity index (χ3v) is 19.8. The molecule has 14 aromatic carbocycles. The molecule has 2 heteroatoms. The highest BCUT2D eigenvalue weighted by molar-refractivity contribution is 6.23. The molecule has 0 saturated heterocycles. The summed E-state index contributed by atoms with van der Waals surface area (Å²) in [5.41, 5.74) is 24.6. The van der Waals surface area contributed by atoms with Crippen molar-refractivity contribution in [3.8, 4) is 44.5 Å². The molecule has 414 valence electrons. The summed E-state index contributed by atoms with van der Waals surface area (Å²) in [6, 6.07) is 102. The summed E-state index contributed by atoms with van der Waals surface area (Å²) in [7, 11) is 0. The monoisotopic (exact) mass is 1110 g/mol. The van der Waals surface area contributed by atoms with Crippen LogP contribution in [0.4, 0.5) is 34.1 Å². The third-order valence-electron chi connectivity index (χ3n) is 19.8.